The van der Waals surface area contributed by atoms with Gasteiger partial charge < -0.3 is 10.1 Å². The first-order valence-corrected chi connectivity index (χ1v) is 7.18. The molecule has 4 heteroatoms. The van der Waals surface area contributed by atoms with Gasteiger partial charge in [0.25, 0.3) is 0 Å². The smallest absolute Gasteiger partial charge is 0.124 e. The van der Waals surface area contributed by atoms with Crippen molar-refractivity contribution in [1.29, 1.82) is 0 Å². The van der Waals surface area contributed by atoms with Crippen LogP contribution >= 0.6 is 0 Å². The Labute approximate surface area is 117 Å². The fraction of sp³-hybridized carbons (Fsp3) is 0.438. The molecule has 2 bridgehead atoms. The lowest BCUT2D eigenvalue weighted by Gasteiger charge is -2.22. The van der Waals surface area contributed by atoms with Gasteiger partial charge >= 0.3 is 0 Å². The highest BCUT2D eigenvalue weighted by molar-refractivity contribution is 5.91. The van der Waals surface area contributed by atoms with Gasteiger partial charge in [0, 0.05) is 16.8 Å². The van der Waals surface area contributed by atoms with E-state index in [2.05, 4.69) is 10.3 Å². The molecule has 2 aromatic rings. The van der Waals surface area contributed by atoms with Crippen LogP contribution in [0.15, 0.2) is 24.3 Å². The van der Waals surface area contributed by atoms with Gasteiger partial charge in [0.1, 0.15) is 5.82 Å². The summed E-state index contributed by atoms with van der Waals surface area (Å²) >= 11 is 0. The van der Waals surface area contributed by atoms with E-state index in [1.54, 1.807) is 12.1 Å². The number of rotatable bonds is 2. The highest BCUT2D eigenvalue weighted by Crippen LogP contribution is 2.37. The summed E-state index contributed by atoms with van der Waals surface area (Å²) < 4.78 is 19.4. The molecule has 1 aromatic heterocycles. The van der Waals surface area contributed by atoms with Crippen molar-refractivity contribution < 1.29 is 9.13 Å². The third-order valence-corrected chi connectivity index (χ3v) is 4.35. The average molecular weight is 272 g/mol. The van der Waals surface area contributed by atoms with E-state index in [-0.39, 0.29) is 5.82 Å². The van der Waals surface area contributed by atoms with E-state index in [0.29, 0.717) is 18.2 Å². The van der Waals surface area contributed by atoms with E-state index in [1.165, 1.54) is 12.5 Å². The Morgan fingerprint density at radius 3 is 2.95 bits per heavy atom. The highest BCUT2D eigenvalue weighted by Gasteiger charge is 2.40. The lowest BCUT2D eigenvalue weighted by Crippen LogP contribution is -2.30. The molecule has 3 nitrogen and oxygen atoms in total. The summed E-state index contributed by atoms with van der Waals surface area (Å²) in [5.74, 6) is -0.226. The van der Waals surface area contributed by atoms with Crippen molar-refractivity contribution in [1.82, 2.24) is 4.98 Å². The summed E-state index contributed by atoms with van der Waals surface area (Å²) in [5, 5.41) is 4.40. The van der Waals surface area contributed by atoms with E-state index >= 15 is 0 Å². The molecule has 2 aliphatic heterocycles. The number of anilines is 1. The van der Waals surface area contributed by atoms with Gasteiger partial charge in [-0.3, -0.25) is 4.98 Å². The van der Waals surface area contributed by atoms with Gasteiger partial charge in [-0.2, -0.15) is 0 Å². The summed E-state index contributed by atoms with van der Waals surface area (Å²) in [6.07, 6.45) is 4.05. The van der Waals surface area contributed by atoms with Crippen molar-refractivity contribution in [2.24, 2.45) is 0 Å². The van der Waals surface area contributed by atoms with Crippen molar-refractivity contribution in [2.45, 2.75) is 44.4 Å². The second kappa shape index (κ2) is 4.42. The minimum atomic E-state index is -0.226. The minimum absolute atomic E-state index is 0.226. The molecular weight excluding hydrogens is 255 g/mol. The Morgan fingerprint density at radius 2 is 2.20 bits per heavy atom. The fourth-order valence-electron chi connectivity index (χ4n) is 3.44. The quantitative estimate of drug-likeness (QED) is 0.909. The predicted octanol–water partition coefficient (Wildman–Crippen LogP) is 3.41. The number of hydrogen-bond acceptors (Lipinski definition) is 3. The molecule has 1 N–H and O–H groups in total. The Balaban J connectivity index is 1.73. The van der Waals surface area contributed by atoms with Gasteiger partial charge in [-0.25, -0.2) is 4.39 Å². The van der Waals surface area contributed by atoms with E-state index in [0.717, 1.165) is 35.1 Å². The molecule has 0 radical (unpaired) electrons. The van der Waals surface area contributed by atoms with Crippen LogP contribution < -0.4 is 5.32 Å². The maximum Gasteiger partial charge on any atom is 0.124 e. The number of ether oxygens (including phenoxy) is 1. The Bertz CT molecular complexity index is 673. The van der Waals surface area contributed by atoms with E-state index in [9.17, 15) is 4.39 Å². The number of nitrogens with zero attached hydrogens (tertiary/aromatic N) is 1. The van der Waals surface area contributed by atoms with Gasteiger partial charge in [0.15, 0.2) is 0 Å². The molecule has 0 saturated carbocycles. The van der Waals surface area contributed by atoms with Crippen molar-refractivity contribution in [3.63, 3.8) is 0 Å². The highest BCUT2D eigenvalue weighted by atomic mass is 19.1. The van der Waals surface area contributed by atoms with Crippen LogP contribution in [0.5, 0.6) is 0 Å². The molecule has 20 heavy (non-hydrogen) atoms. The number of aryl methyl sites for hydroxylation is 1. The third-order valence-electron chi connectivity index (χ3n) is 4.35. The Hall–Kier alpha value is -1.68. The van der Waals surface area contributed by atoms with Gasteiger partial charge in [0.2, 0.25) is 0 Å². The molecule has 0 amide bonds. The van der Waals surface area contributed by atoms with Gasteiger partial charge in [-0.15, -0.1) is 0 Å². The van der Waals surface area contributed by atoms with Gasteiger partial charge in [-0.05, 0) is 50.5 Å². The van der Waals surface area contributed by atoms with Crippen LogP contribution in [0.25, 0.3) is 10.9 Å². The summed E-state index contributed by atoms with van der Waals surface area (Å²) in [5.41, 5.74) is 2.74. The molecule has 0 aliphatic carbocycles. The molecule has 2 fully saturated rings. The molecular formula is C16H17FN2O. The number of pyridine rings is 1. The summed E-state index contributed by atoms with van der Waals surface area (Å²) in [7, 11) is 0. The summed E-state index contributed by atoms with van der Waals surface area (Å²) in [6, 6.07) is 7.08. The fourth-order valence-corrected chi connectivity index (χ4v) is 3.44. The number of fused-ring (bicyclic) bond motifs is 3. The standard InChI is InChI=1S/C16H17FN2O/c1-9-6-14(12-7-10(17)2-4-13(12)18-9)19-15-8-11-3-5-16(15)20-11/h2,4,6-7,11,15-16H,3,5,8H2,1H3,(H,18,19). The van der Waals surface area contributed by atoms with Crippen molar-refractivity contribution in [2.75, 3.05) is 5.32 Å². The minimum Gasteiger partial charge on any atom is -0.379 e. The van der Waals surface area contributed by atoms with Crippen LogP contribution in [0.2, 0.25) is 0 Å². The van der Waals surface area contributed by atoms with E-state index in [4.69, 9.17) is 4.74 Å². The lowest BCUT2D eigenvalue weighted by molar-refractivity contribution is 0.102. The molecule has 1 aromatic carbocycles. The maximum absolute atomic E-state index is 13.5. The molecule has 2 saturated heterocycles. The number of benzene rings is 1. The molecule has 3 heterocycles. The zero-order valence-electron chi connectivity index (χ0n) is 11.4. The topological polar surface area (TPSA) is 34.1 Å². The number of aromatic nitrogens is 1. The van der Waals surface area contributed by atoms with Gasteiger partial charge in [-0.1, -0.05) is 0 Å². The van der Waals surface area contributed by atoms with E-state index in [1.807, 2.05) is 13.0 Å². The number of hydrogen-bond donors (Lipinski definition) is 1. The monoisotopic (exact) mass is 272 g/mol. The summed E-state index contributed by atoms with van der Waals surface area (Å²) in [4.78, 5) is 4.46. The molecule has 2 aliphatic rings. The maximum atomic E-state index is 13.5. The molecule has 4 rings (SSSR count). The predicted molar refractivity (Wildman–Crippen MR) is 76.4 cm³/mol. The van der Waals surface area contributed by atoms with Crippen LogP contribution in [-0.4, -0.2) is 23.2 Å². The lowest BCUT2D eigenvalue weighted by atomic mass is 9.95. The Kier molecular flexibility index (Phi) is 2.67. The zero-order chi connectivity index (χ0) is 13.7. The summed E-state index contributed by atoms with van der Waals surface area (Å²) in [6.45, 7) is 1.96. The average Bonchev–Trinajstić information content (AvgIpc) is 3.02. The molecule has 104 valence electrons. The molecule has 3 unspecified atom stereocenters. The first-order valence-electron chi connectivity index (χ1n) is 7.18. The molecule has 3 atom stereocenters. The number of nitrogens with one attached hydrogen (secondary N) is 1. The Morgan fingerprint density at radius 1 is 1.30 bits per heavy atom. The van der Waals surface area contributed by atoms with Crippen LogP contribution in [0.4, 0.5) is 10.1 Å². The van der Waals surface area contributed by atoms with Crippen LogP contribution in [0.1, 0.15) is 25.0 Å². The number of halogens is 1. The molecule has 0 spiro atoms. The van der Waals surface area contributed by atoms with Crippen LogP contribution in [-0.2, 0) is 4.74 Å². The van der Waals surface area contributed by atoms with Crippen molar-refractivity contribution in [3.05, 3.63) is 35.8 Å². The van der Waals surface area contributed by atoms with Crippen LogP contribution in [0, 0.1) is 12.7 Å². The first kappa shape index (κ1) is 12.1. The SMILES string of the molecule is Cc1cc(NC2CC3CCC2O3)c2cc(F)ccc2n1. The second-order valence-electron chi connectivity index (χ2n) is 5.83. The normalized spacial score (nSPS) is 28.2. The van der Waals surface area contributed by atoms with Crippen LogP contribution in [0.3, 0.4) is 0 Å². The largest absolute Gasteiger partial charge is 0.379 e. The second-order valence-corrected chi connectivity index (χ2v) is 5.83. The van der Waals surface area contributed by atoms with E-state index < -0.39 is 0 Å². The third kappa shape index (κ3) is 1.95. The zero-order valence-corrected chi connectivity index (χ0v) is 11.4. The van der Waals surface area contributed by atoms with Crippen molar-refractivity contribution in [3.8, 4) is 0 Å². The van der Waals surface area contributed by atoms with Gasteiger partial charge in [0.05, 0.1) is 23.8 Å². The van der Waals surface area contributed by atoms with Crippen molar-refractivity contribution >= 4 is 16.6 Å². The first-order chi connectivity index (χ1) is 9.69.